The molecule has 1 unspecified atom stereocenters. The van der Waals surface area contributed by atoms with Gasteiger partial charge in [-0.05, 0) is 87.2 Å². The fraction of sp³-hybridized carbons (Fsp3) is 0.469. The van der Waals surface area contributed by atoms with Gasteiger partial charge in [-0.2, -0.15) is 0 Å². The van der Waals surface area contributed by atoms with E-state index in [1.54, 1.807) is 28.9 Å². The first-order chi connectivity index (χ1) is 31.9. The third-order valence-corrected chi connectivity index (χ3v) is 13.9. The summed E-state index contributed by atoms with van der Waals surface area (Å²) in [4.78, 5) is 74.5. The zero-order valence-electron chi connectivity index (χ0n) is 38.0. The Balaban J connectivity index is 0.685. The summed E-state index contributed by atoms with van der Waals surface area (Å²) in [5, 5.41) is 5.41. The normalized spacial score (nSPS) is 16.7. The number of piperazine rings is 1. The number of carbonyl (C=O) groups is 4. The number of piperidine rings is 1. The van der Waals surface area contributed by atoms with Crippen molar-refractivity contribution in [2.24, 2.45) is 0 Å². The highest BCUT2D eigenvalue weighted by Gasteiger charge is 2.40. The van der Waals surface area contributed by atoms with Gasteiger partial charge in [0, 0.05) is 80.4 Å². The lowest BCUT2D eigenvalue weighted by atomic mass is 10.0. The summed E-state index contributed by atoms with van der Waals surface area (Å²) in [6.45, 7) is 9.89. The molecule has 0 bridgehead atoms. The zero-order valence-corrected chi connectivity index (χ0v) is 38.8. The minimum Gasteiger partial charge on any atom is -0.340 e. The van der Waals surface area contributed by atoms with E-state index in [0.29, 0.717) is 61.7 Å². The standard InChI is InChI=1S/C49H58F2N10O4S/c1-31(2)61-32(3)54-46-37(50)25-34(26-40(46)61)45-38(51)28-53-49(57-45)55-42-18-16-33(27-52-42)29-58-20-22-59(23-21-58)44(63)15-10-8-6-4-5-7-9-11-24-66-41-14-12-13-35-36(41)30-60(48(35)65)39-17-19-43(62)56-47(39)64/h12-14,16,18,25-28,31,39H,4-11,15,17,19-24,29-30H2,1-3H3,(H,56,62,64)(H,52,53,55,57). The van der Waals surface area contributed by atoms with Crippen LogP contribution < -0.4 is 10.6 Å². The molecule has 8 rings (SSSR count). The van der Waals surface area contributed by atoms with Gasteiger partial charge in [0.05, 0.1) is 11.7 Å². The molecule has 14 nitrogen and oxygen atoms in total. The van der Waals surface area contributed by atoms with Gasteiger partial charge in [0.1, 0.15) is 28.9 Å². The van der Waals surface area contributed by atoms with Crippen molar-refractivity contribution in [2.45, 2.75) is 121 Å². The monoisotopic (exact) mass is 920 g/mol. The number of fused-ring (bicyclic) bond motifs is 2. The Morgan fingerprint density at radius 1 is 0.894 bits per heavy atom. The summed E-state index contributed by atoms with van der Waals surface area (Å²) in [6, 6.07) is 12.0. The lowest BCUT2D eigenvalue weighted by molar-refractivity contribution is -0.137. The van der Waals surface area contributed by atoms with E-state index in [-0.39, 0.29) is 58.8 Å². The van der Waals surface area contributed by atoms with Crippen LogP contribution in [0.5, 0.6) is 0 Å². The van der Waals surface area contributed by atoms with Gasteiger partial charge in [0.15, 0.2) is 11.6 Å². The fourth-order valence-electron chi connectivity index (χ4n) is 9.28. The number of imide groups is 1. The number of thioether (sulfide) groups is 1. The molecule has 5 aromatic rings. The minimum atomic E-state index is -0.669. The minimum absolute atomic E-state index is 0.0264. The molecule has 0 spiro atoms. The van der Waals surface area contributed by atoms with Gasteiger partial charge >= 0.3 is 0 Å². The lowest BCUT2D eigenvalue weighted by Crippen LogP contribution is -2.52. The molecule has 4 amide bonds. The summed E-state index contributed by atoms with van der Waals surface area (Å²) < 4.78 is 32.1. The highest BCUT2D eigenvalue weighted by Crippen LogP contribution is 2.35. The molecule has 3 aliphatic rings. The number of anilines is 2. The molecule has 6 heterocycles. The molecular weight excluding hydrogens is 863 g/mol. The number of halogens is 2. The van der Waals surface area contributed by atoms with E-state index >= 15 is 8.78 Å². The van der Waals surface area contributed by atoms with E-state index in [1.165, 1.54) is 25.3 Å². The summed E-state index contributed by atoms with van der Waals surface area (Å²) in [6.07, 6.45) is 12.9. The average Bonchev–Trinajstić information content (AvgIpc) is 3.83. The van der Waals surface area contributed by atoms with Crippen molar-refractivity contribution in [3.8, 4) is 11.3 Å². The van der Waals surface area contributed by atoms with Crippen LogP contribution in [0.15, 0.2) is 59.8 Å². The maximum absolute atomic E-state index is 15.1. The van der Waals surface area contributed by atoms with Crippen LogP contribution in [-0.2, 0) is 27.5 Å². The molecule has 17 heteroatoms. The predicted octanol–water partition coefficient (Wildman–Crippen LogP) is 8.51. The second-order valence-electron chi connectivity index (χ2n) is 17.8. The Morgan fingerprint density at radius 2 is 1.65 bits per heavy atom. The Labute approximate surface area is 388 Å². The van der Waals surface area contributed by atoms with Crippen LogP contribution in [0, 0.1) is 18.6 Å². The van der Waals surface area contributed by atoms with Gasteiger partial charge in [-0.3, -0.25) is 29.4 Å². The number of hydrogen-bond donors (Lipinski definition) is 2. The fourth-order valence-corrected chi connectivity index (χ4v) is 10.4. The first-order valence-corrected chi connectivity index (χ1v) is 24.2. The summed E-state index contributed by atoms with van der Waals surface area (Å²) >= 11 is 1.77. The van der Waals surface area contributed by atoms with Gasteiger partial charge in [0.25, 0.3) is 5.91 Å². The number of nitrogens with zero attached hydrogens (tertiary/aromatic N) is 8. The lowest BCUT2D eigenvalue weighted by Gasteiger charge is -2.34. The Bertz CT molecular complexity index is 2580. The molecule has 1 atom stereocenters. The molecule has 2 aromatic carbocycles. The topological polar surface area (TPSA) is 159 Å². The van der Waals surface area contributed by atoms with E-state index in [2.05, 4.69) is 41.5 Å². The van der Waals surface area contributed by atoms with Crippen LogP contribution >= 0.6 is 11.8 Å². The van der Waals surface area contributed by atoms with Gasteiger partial charge in [-0.15, -0.1) is 11.8 Å². The van der Waals surface area contributed by atoms with Gasteiger partial charge in [-0.25, -0.2) is 28.7 Å². The highest BCUT2D eigenvalue weighted by molar-refractivity contribution is 7.99. The Morgan fingerprint density at radius 3 is 2.38 bits per heavy atom. The first-order valence-electron chi connectivity index (χ1n) is 23.3. The van der Waals surface area contributed by atoms with Crippen LogP contribution in [-0.4, -0.2) is 101 Å². The van der Waals surface area contributed by atoms with Crippen molar-refractivity contribution in [3.05, 3.63) is 89.0 Å². The summed E-state index contributed by atoms with van der Waals surface area (Å²) in [7, 11) is 0. The van der Waals surface area contributed by atoms with Crippen LogP contribution in [0.3, 0.4) is 0 Å². The van der Waals surface area contributed by atoms with E-state index < -0.39 is 17.7 Å². The number of nitrogens with one attached hydrogen (secondary N) is 2. The van der Waals surface area contributed by atoms with Crippen molar-refractivity contribution in [2.75, 3.05) is 37.2 Å². The average molecular weight is 921 g/mol. The molecule has 2 fully saturated rings. The van der Waals surface area contributed by atoms with E-state index in [0.717, 1.165) is 73.2 Å². The van der Waals surface area contributed by atoms with E-state index in [4.69, 9.17) is 0 Å². The Hall–Kier alpha value is -5.81. The van der Waals surface area contributed by atoms with Crippen LogP contribution in [0.2, 0.25) is 0 Å². The number of benzene rings is 2. The molecular formula is C49H58F2N10O4S. The number of hydrogen-bond acceptors (Lipinski definition) is 11. The Kier molecular flexibility index (Phi) is 15.0. The molecule has 3 aliphatic heterocycles. The number of aromatic nitrogens is 5. The molecule has 3 aromatic heterocycles. The number of rotatable bonds is 19. The van der Waals surface area contributed by atoms with Crippen LogP contribution in [0.1, 0.15) is 118 Å². The molecule has 66 heavy (non-hydrogen) atoms. The quantitative estimate of drug-likeness (QED) is 0.0465. The molecule has 0 aliphatic carbocycles. The third kappa shape index (κ3) is 10.9. The number of pyridine rings is 1. The molecule has 2 N–H and O–H groups in total. The van der Waals surface area contributed by atoms with E-state index in [1.807, 2.05) is 54.5 Å². The number of unbranched alkanes of at least 4 members (excludes halogenated alkanes) is 7. The molecule has 2 saturated heterocycles. The highest BCUT2D eigenvalue weighted by atomic mass is 32.2. The van der Waals surface area contributed by atoms with Crippen molar-refractivity contribution in [3.63, 3.8) is 0 Å². The van der Waals surface area contributed by atoms with Gasteiger partial charge < -0.3 is 19.7 Å². The van der Waals surface area contributed by atoms with E-state index in [9.17, 15) is 19.2 Å². The third-order valence-electron chi connectivity index (χ3n) is 12.7. The largest absolute Gasteiger partial charge is 0.340 e. The number of aryl methyl sites for hydroxylation is 1. The SMILES string of the molecule is Cc1nc2c(F)cc(-c3nc(Nc4ccc(CN5CCN(C(=O)CCCCCCCCCCSc6cccc7c6CN(C6CCC(=O)NC6=O)C7=O)CC5)cn4)ncc3F)cc2n1C(C)C. The smallest absolute Gasteiger partial charge is 0.255 e. The van der Waals surface area contributed by atoms with Crippen molar-refractivity contribution < 1.29 is 28.0 Å². The second-order valence-corrected chi connectivity index (χ2v) is 18.9. The molecule has 0 radical (unpaired) electrons. The number of carbonyl (C=O) groups excluding carboxylic acids is 4. The molecule has 0 saturated carbocycles. The zero-order chi connectivity index (χ0) is 46.3. The maximum Gasteiger partial charge on any atom is 0.255 e. The van der Waals surface area contributed by atoms with Crippen LogP contribution in [0.25, 0.3) is 22.3 Å². The van der Waals surface area contributed by atoms with Crippen molar-refractivity contribution in [1.82, 2.24) is 44.5 Å². The first kappa shape index (κ1) is 46.7. The summed E-state index contributed by atoms with van der Waals surface area (Å²) in [5.74, 6) is 0.489. The summed E-state index contributed by atoms with van der Waals surface area (Å²) in [5.41, 5.74) is 3.74. The van der Waals surface area contributed by atoms with Crippen LogP contribution in [0.4, 0.5) is 20.5 Å². The maximum atomic E-state index is 15.1. The van der Waals surface area contributed by atoms with Gasteiger partial charge in [0.2, 0.25) is 23.7 Å². The van der Waals surface area contributed by atoms with Gasteiger partial charge in [-0.1, -0.05) is 50.7 Å². The van der Waals surface area contributed by atoms with Crippen molar-refractivity contribution >= 4 is 58.2 Å². The second kappa shape index (κ2) is 21.2. The number of imidazole rings is 1. The predicted molar refractivity (Wildman–Crippen MR) is 250 cm³/mol. The molecule has 348 valence electrons. The van der Waals surface area contributed by atoms with Crippen molar-refractivity contribution in [1.29, 1.82) is 0 Å². The number of amides is 4.